The minimum Gasteiger partial charge on any atom is -0.389 e. The van der Waals surface area contributed by atoms with Crippen molar-refractivity contribution in [1.82, 2.24) is 4.98 Å². The Morgan fingerprint density at radius 1 is 1.22 bits per heavy atom. The first-order valence-corrected chi connectivity index (χ1v) is 6.90. The summed E-state index contributed by atoms with van der Waals surface area (Å²) in [7, 11) is 0. The number of aliphatic hydroxyl groups excluding tert-OH is 1. The lowest BCUT2D eigenvalue weighted by molar-refractivity contribution is 0.199. The van der Waals surface area contributed by atoms with E-state index >= 15 is 0 Å². The van der Waals surface area contributed by atoms with Gasteiger partial charge in [-0.05, 0) is 42.8 Å². The highest BCUT2D eigenvalue weighted by Crippen LogP contribution is 2.34. The van der Waals surface area contributed by atoms with Gasteiger partial charge in [0.15, 0.2) is 0 Å². The summed E-state index contributed by atoms with van der Waals surface area (Å²) in [6.45, 7) is 1.72. The fourth-order valence-electron chi connectivity index (χ4n) is 1.41. The van der Waals surface area contributed by atoms with Crippen LogP contribution in [0.15, 0.2) is 46.5 Å². The second kappa shape index (κ2) is 5.93. The molecular formula is C13H11Cl2NOS. The van der Waals surface area contributed by atoms with Crippen molar-refractivity contribution in [3.63, 3.8) is 0 Å². The van der Waals surface area contributed by atoms with Crippen LogP contribution in [0.2, 0.25) is 10.0 Å². The molecule has 0 aliphatic heterocycles. The van der Waals surface area contributed by atoms with Crippen molar-refractivity contribution in [2.75, 3.05) is 0 Å². The van der Waals surface area contributed by atoms with Crippen LogP contribution in [0.3, 0.4) is 0 Å². The zero-order valence-electron chi connectivity index (χ0n) is 9.60. The van der Waals surface area contributed by atoms with Crippen molar-refractivity contribution in [2.45, 2.75) is 22.9 Å². The monoisotopic (exact) mass is 299 g/mol. The van der Waals surface area contributed by atoms with Gasteiger partial charge in [0.25, 0.3) is 0 Å². The van der Waals surface area contributed by atoms with Crippen LogP contribution in [-0.2, 0) is 0 Å². The molecule has 1 unspecified atom stereocenters. The quantitative estimate of drug-likeness (QED) is 0.899. The summed E-state index contributed by atoms with van der Waals surface area (Å²) in [4.78, 5) is 5.08. The van der Waals surface area contributed by atoms with Crippen molar-refractivity contribution in [1.29, 1.82) is 0 Å². The van der Waals surface area contributed by atoms with Gasteiger partial charge in [-0.1, -0.05) is 35.0 Å². The molecule has 18 heavy (non-hydrogen) atoms. The summed E-state index contributed by atoms with van der Waals surface area (Å²) in [5.74, 6) is 0. The van der Waals surface area contributed by atoms with Crippen LogP contribution in [0.25, 0.3) is 0 Å². The van der Waals surface area contributed by atoms with E-state index in [9.17, 15) is 5.11 Å². The topological polar surface area (TPSA) is 33.1 Å². The molecule has 0 amide bonds. The van der Waals surface area contributed by atoms with Crippen LogP contribution in [0.5, 0.6) is 0 Å². The molecule has 0 aliphatic rings. The van der Waals surface area contributed by atoms with E-state index in [1.807, 2.05) is 6.07 Å². The standard InChI is InChI=1S/C13H11Cl2NOS/c1-8(17)9-4-5-16-13(6-9)18-12-7-10(14)2-3-11(12)15/h2-8,17H,1H3. The molecule has 0 aliphatic carbocycles. The lowest BCUT2D eigenvalue weighted by Gasteiger charge is -2.07. The van der Waals surface area contributed by atoms with Gasteiger partial charge in [0.2, 0.25) is 0 Å². The van der Waals surface area contributed by atoms with Crippen LogP contribution in [0.1, 0.15) is 18.6 Å². The lowest BCUT2D eigenvalue weighted by Crippen LogP contribution is -1.92. The SMILES string of the molecule is CC(O)c1ccnc(Sc2cc(Cl)ccc2Cl)c1. The molecule has 0 saturated carbocycles. The molecule has 1 N–H and O–H groups in total. The molecule has 0 spiro atoms. The highest BCUT2D eigenvalue weighted by atomic mass is 35.5. The minimum atomic E-state index is -0.512. The van der Waals surface area contributed by atoms with E-state index in [0.717, 1.165) is 15.5 Å². The van der Waals surface area contributed by atoms with Crippen molar-refractivity contribution < 1.29 is 5.11 Å². The molecule has 1 atom stereocenters. The summed E-state index contributed by atoms with van der Waals surface area (Å²) in [6, 6.07) is 8.92. The third-order valence-electron chi connectivity index (χ3n) is 2.35. The molecule has 94 valence electrons. The summed E-state index contributed by atoms with van der Waals surface area (Å²) < 4.78 is 0. The zero-order valence-corrected chi connectivity index (χ0v) is 11.9. The summed E-state index contributed by atoms with van der Waals surface area (Å²) >= 11 is 13.4. The smallest absolute Gasteiger partial charge is 0.101 e. The first kappa shape index (κ1) is 13.7. The van der Waals surface area contributed by atoms with E-state index in [4.69, 9.17) is 23.2 Å². The van der Waals surface area contributed by atoms with E-state index in [2.05, 4.69) is 4.98 Å². The van der Waals surface area contributed by atoms with Gasteiger partial charge in [-0.15, -0.1) is 0 Å². The fourth-order valence-corrected chi connectivity index (χ4v) is 2.76. The predicted octanol–water partition coefficient (Wildman–Crippen LogP) is 4.59. The van der Waals surface area contributed by atoms with E-state index < -0.39 is 6.10 Å². The van der Waals surface area contributed by atoms with Gasteiger partial charge in [0.05, 0.1) is 11.1 Å². The van der Waals surface area contributed by atoms with Crippen molar-refractivity contribution in [3.8, 4) is 0 Å². The van der Waals surface area contributed by atoms with E-state index in [-0.39, 0.29) is 0 Å². The maximum Gasteiger partial charge on any atom is 0.101 e. The van der Waals surface area contributed by atoms with Gasteiger partial charge in [0, 0.05) is 16.1 Å². The van der Waals surface area contributed by atoms with Gasteiger partial charge < -0.3 is 5.11 Å². The largest absolute Gasteiger partial charge is 0.389 e. The fraction of sp³-hybridized carbons (Fsp3) is 0.154. The Hall–Kier alpha value is -0.740. The number of aromatic nitrogens is 1. The highest BCUT2D eigenvalue weighted by molar-refractivity contribution is 7.99. The maximum atomic E-state index is 9.53. The Labute approximate surface area is 120 Å². The summed E-state index contributed by atoms with van der Waals surface area (Å²) in [6.07, 6.45) is 1.16. The van der Waals surface area contributed by atoms with Gasteiger partial charge in [-0.2, -0.15) is 0 Å². The number of benzene rings is 1. The first-order chi connectivity index (χ1) is 8.56. The third kappa shape index (κ3) is 3.39. The number of hydrogen-bond donors (Lipinski definition) is 1. The second-order valence-corrected chi connectivity index (χ2v) is 5.69. The molecule has 2 nitrogen and oxygen atoms in total. The van der Waals surface area contributed by atoms with Crippen LogP contribution in [0.4, 0.5) is 0 Å². The molecule has 1 heterocycles. The molecule has 2 rings (SSSR count). The number of pyridine rings is 1. The molecule has 5 heteroatoms. The normalized spacial score (nSPS) is 12.4. The zero-order chi connectivity index (χ0) is 13.1. The second-order valence-electron chi connectivity index (χ2n) is 3.78. The van der Waals surface area contributed by atoms with Gasteiger partial charge >= 0.3 is 0 Å². The highest BCUT2D eigenvalue weighted by Gasteiger charge is 2.07. The minimum absolute atomic E-state index is 0.512. The lowest BCUT2D eigenvalue weighted by atomic mass is 10.2. The average Bonchev–Trinajstić information content (AvgIpc) is 2.34. The third-order valence-corrected chi connectivity index (χ3v) is 4.02. The van der Waals surface area contributed by atoms with E-state index in [0.29, 0.717) is 10.0 Å². The molecule has 2 aromatic rings. The number of aliphatic hydroxyl groups is 1. The van der Waals surface area contributed by atoms with Crippen LogP contribution in [0, 0.1) is 0 Å². The Kier molecular flexibility index (Phi) is 4.51. The molecular weight excluding hydrogens is 289 g/mol. The molecule has 0 radical (unpaired) electrons. The number of hydrogen-bond acceptors (Lipinski definition) is 3. The number of nitrogens with zero attached hydrogens (tertiary/aromatic N) is 1. The Balaban J connectivity index is 2.28. The predicted molar refractivity (Wildman–Crippen MR) is 75.5 cm³/mol. The van der Waals surface area contributed by atoms with E-state index in [1.54, 1.807) is 37.4 Å². The maximum absolute atomic E-state index is 9.53. The van der Waals surface area contributed by atoms with Crippen LogP contribution < -0.4 is 0 Å². The molecule has 0 bridgehead atoms. The molecule has 1 aromatic carbocycles. The summed E-state index contributed by atoms with van der Waals surface area (Å²) in [5, 5.41) is 11.6. The van der Waals surface area contributed by atoms with Crippen molar-refractivity contribution in [3.05, 3.63) is 52.1 Å². The number of halogens is 2. The van der Waals surface area contributed by atoms with Crippen LogP contribution >= 0.6 is 35.0 Å². The first-order valence-electron chi connectivity index (χ1n) is 5.33. The Bertz CT molecular complexity index is 560. The van der Waals surface area contributed by atoms with Crippen molar-refractivity contribution in [2.24, 2.45) is 0 Å². The van der Waals surface area contributed by atoms with Gasteiger partial charge in [0.1, 0.15) is 5.03 Å². The Morgan fingerprint density at radius 2 is 2.00 bits per heavy atom. The average molecular weight is 300 g/mol. The van der Waals surface area contributed by atoms with Crippen molar-refractivity contribution >= 4 is 35.0 Å². The molecule has 0 saturated heterocycles. The van der Waals surface area contributed by atoms with E-state index in [1.165, 1.54) is 11.8 Å². The van der Waals surface area contributed by atoms with Gasteiger partial charge in [-0.3, -0.25) is 0 Å². The van der Waals surface area contributed by atoms with Crippen LogP contribution in [-0.4, -0.2) is 10.1 Å². The molecule has 1 aromatic heterocycles. The molecule has 0 fully saturated rings. The Morgan fingerprint density at radius 3 is 2.72 bits per heavy atom. The van der Waals surface area contributed by atoms with Gasteiger partial charge in [-0.25, -0.2) is 4.98 Å². The number of rotatable bonds is 3. The summed E-state index contributed by atoms with van der Waals surface area (Å²) in [5.41, 5.74) is 0.825.